The van der Waals surface area contributed by atoms with Crippen molar-refractivity contribution in [2.75, 3.05) is 32.6 Å². The topological polar surface area (TPSA) is 111 Å². The molecule has 0 aromatic carbocycles. The minimum absolute atomic E-state index is 0.0224. The smallest absolute Gasteiger partial charge is 0.315 e. The van der Waals surface area contributed by atoms with Crippen molar-refractivity contribution in [3.63, 3.8) is 0 Å². The fourth-order valence-electron chi connectivity index (χ4n) is 6.89. The van der Waals surface area contributed by atoms with Gasteiger partial charge >= 0.3 is 6.03 Å². The summed E-state index contributed by atoms with van der Waals surface area (Å²) in [5.74, 6) is 2.24. The summed E-state index contributed by atoms with van der Waals surface area (Å²) < 4.78 is 5.62. The number of piperidine rings is 1. The highest BCUT2D eigenvalue weighted by Gasteiger charge is 2.37. The Bertz CT molecular complexity index is 703. The number of hydrogen-bond donors (Lipinski definition) is 7. The third kappa shape index (κ3) is 6.83. The van der Waals surface area contributed by atoms with E-state index in [0.717, 1.165) is 70.5 Å². The van der Waals surface area contributed by atoms with E-state index in [4.69, 9.17) is 4.74 Å². The molecule has 10 atom stereocenters. The van der Waals surface area contributed by atoms with E-state index >= 15 is 0 Å². The number of nitrogens with one attached hydrogen (secondary N) is 7. The SMILES string of the molecule is COC1CNCC(C2CCNC(NC3CC(NC(=O)NC4CCC5NCSC5C4)CCC3C)N2)C1. The van der Waals surface area contributed by atoms with Crippen LogP contribution >= 0.6 is 11.8 Å². The van der Waals surface area contributed by atoms with E-state index in [2.05, 4.69) is 44.1 Å². The Labute approximate surface area is 215 Å². The molecule has 3 saturated heterocycles. The molecule has 35 heavy (non-hydrogen) atoms. The molecule has 5 rings (SSSR count). The van der Waals surface area contributed by atoms with Gasteiger partial charge in [0, 0.05) is 55.0 Å². The third-order valence-corrected chi connectivity index (χ3v) is 10.4. The van der Waals surface area contributed by atoms with E-state index in [-0.39, 0.29) is 18.4 Å². The van der Waals surface area contributed by atoms with Gasteiger partial charge in [0.1, 0.15) is 6.29 Å². The van der Waals surface area contributed by atoms with Gasteiger partial charge in [-0.25, -0.2) is 4.79 Å². The lowest BCUT2D eigenvalue weighted by atomic mass is 9.82. The first kappa shape index (κ1) is 26.0. The first-order valence-electron chi connectivity index (χ1n) is 14.0. The standard InChI is InChI=1S/C25H47N7O2S/c1-15-3-4-17(29-25(33)30-18-5-6-21-23(11-18)35-14-28-21)10-22(15)32-24-27-8-7-20(31-24)16-9-19(34-2)13-26-12-16/h15-24,26-28,31-32H,3-14H2,1-2H3,(H2,29,30,33). The third-order valence-electron chi connectivity index (χ3n) is 9.11. The Morgan fingerprint density at radius 3 is 2.63 bits per heavy atom. The summed E-state index contributed by atoms with van der Waals surface area (Å²) in [6.07, 6.45) is 9.19. The number of hydrogen-bond acceptors (Lipinski definition) is 8. The molecule has 7 N–H and O–H groups in total. The Morgan fingerprint density at radius 2 is 1.77 bits per heavy atom. The van der Waals surface area contributed by atoms with Gasteiger partial charge in [-0.1, -0.05) is 6.92 Å². The second-order valence-corrected chi connectivity index (χ2v) is 12.7. The van der Waals surface area contributed by atoms with Crippen LogP contribution in [0.5, 0.6) is 0 Å². The predicted molar refractivity (Wildman–Crippen MR) is 141 cm³/mol. The van der Waals surface area contributed by atoms with Crippen LogP contribution in [0.3, 0.4) is 0 Å². The van der Waals surface area contributed by atoms with Crippen molar-refractivity contribution in [3.8, 4) is 0 Å². The molecule has 0 radical (unpaired) electrons. The number of methoxy groups -OCH3 is 1. The summed E-state index contributed by atoms with van der Waals surface area (Å²) in [4.78, 5) is 12.8. The maximum absolute atomic E-state index is 12.8. The second kappa shape index (κ2) is 12.3. The van der Waals surface area contributed by atoms with Crippen molar-refractivity contribution < 1.29 is 9.53 Å². The maximum Gasteiger partial charge on any atom is 0.315 e. The minimum Gasteiger partial charge on any atom is -0.380 e. The van der Waals surface area contributed by atoms with Gasteiger partial charge in [-0.05, 0) is 76.3 Å². The molecule has 5 fully saturated rings. The van der Waals surface area contributed by atoms with Gasteiger partial charge in [0.2, 0.25) is 0 Å². The van der Waals surface area contributed by atoms with Crippen molar-refractivity contribution in [1.82, 2.24) is 37.2 Å². The normalized spacial score (nSPS) is 44.4. The molecule has 0 bridgehead atoms. The molecule has 2 aliphatic carbocycles. The van der Waals surface area contributed by atoms with E-state index in [0.29, 0.717) is 47.4 Å². The minimum atomic E-state index is 0.0224. The molecule has 10 heteroatoms. The van der Waals surface area contributed by atoms with Gasteiger partial charge in [-0.3, -0.25) is 16.0 Å². The number of rotatable bonds is 6. The van der Waals surface area contributed by atoms with Crippen molar-refractivity contribution in [1.29, 1.82) is 0 Å². The maximum atomic E-state index is 12.8. The number of urea groups is 1. The molecule has 9 nitrogen and oxygen atoms in total. The van der Waals surface area contributed by atoms with Crippen LogP contribution in [0.4, 0.5) is 4.79 Å². The van der Waals surface area contributed by atoms with Gasteiger partial charge < -0.3 is 26.0 Å². The Kier molecular flexibility index (Phi) is 9.13. The molecule has 0 spiro atoms. The molecule has 3 heterocycles. The van der Waals surface area contributed by atoms with Gasteiger partial charge in [0.15, 0.2) is 0 Å². The highest BCUT2D eigenvalue weighted by atomic mass is 32.2. The predicted octanol–water partition coefficient (Wildman–Crippen LogP) is 0.876. The number of amides is 2. The van der Waals surface area contributed by atoms with Crippen LogP contribution in [-0.2, 0) is 4.74 Å². The molecule has 5 aliphatic rings. The summed E-state index contributed by atoms with van der Waals surface area (Å²) in [5.41, 5.74) is 0. The average molecular weight is 510 g/mol. The first-order chi connectivity index (χ1) is 17.1. The summed E-state index contributed by atoms with van der Waals surface area (Å²) >= 11 is 2.01. The molecule has 0 aromatic heterocycles. The summed E-state index contributed by atoms with van der Waals surface area (Å²) in [6, 6.07) is 2.07. The summed E-state index contributed by atoms with van der Waals surface area (Å²) in [6.45, 7) is 5.38. The number of fused-ring (bicyclic) bond motifs is 1. The van der Waals surface area contributed by atoms with E-state index in [1.54, 1.807) is 0 Å². The Balaban J connectivity index is 1.07. The molecule has 0 aromatic rings. The van der Waals surface area contributed by atoms with E-state index in [1.807, 2.05) is 18.9 Å². The average Bonchev–Trinajstić information content (AvgIpc) is 3.34. The van der Waals surface area contributed by atoms with Gasteiger partial charge in [-0.15, -0.1) is 11.8 Å². The first-order valence-corrected chi connectivity index (χ1v) is 15.0. The van der Waals surface area contributed by atoms with Crippen LogP contribution in [0, 0.1) is 11.8 Å². The van der Waals surface area contributed by atoms with Crippen molar-refractivity contribution >= 4 is 17.8 Å². The van der Waals surface area contributed by atoms with Gasteiger partial charge in [0.05, 0.1) is 6.10 Å². The van der Waals surface area contributed by atoms with Gasteiger partial charge in [-0.2, -0.15) is 0 Å². The molecule has 2 amide bonds. The monoisotopic (exact) mass is 509 g/mol. The number of carbonyl (C=O) groups is 1. The quantitative estimate of drug-likeness (QED) is 0.283. The lowest BCUT2D eigenvalue weighted by Gasteiger charge is -2.43. The Hall–Kier alpha value is -0.620. The number of thioether (sulfide) groups is 1. The Morgan fingerprint density at radius 1 is 0.943 bits per heavy atom. The molecule has 10 unspecified atom stereocenters. The van der Waals surface area contributed by atoms with Crippen molar-refractivity contribution in [2.45, 2.75) is 106 Å². The largest absolute Gasteiger partial charge is 0.380 e. The molecule has 3 aliphatic heterocycles. The van der Waals surface area contributed by atoms with Crippen molar-refractivity contribution in [2.24, 2.45) is 11.8 Å². The molecule has 2 saturated carbocycles. The van der Waals surface area contributed by atoms with Crippen molar-refractivity contribution in [3.05, 3.63) is 0 Å². The van der Waals surface area contributed by atoms with Crippen LogP contribution in [0.1, 0.15) is 58.3 Å². The van der Waals surface area contributed by atoms with E-state index in [1.165, 1.54) is 6.42 Å². The fraction of sp³-hybridized carbons (Fsp3) is 0.960. The fourth-order valence-corrected chi connectivity index (χ4v) is 8.25. The number of ether oxygens (including phenoxy) is 1. The lowest BCUT2D eigenvalue weighted by Crippen LogP contribution is -2.66. The molecule has 200 valence electrons. The van der Waals surface area contributed by atoms with Crippen LogP contribution < -0.4 is 37.2 Å². The molecular weight excluding hydrogens is 462 g/mol. The second-order valence-electron chi connectivity index (χ2n) is 11.5. The zero-order valence-corrected chi connectivity index (χ0v) is 22.3. The summed E-state index contributed by atoms with van der Waals surface area (Å²) in [7, 11) is 1.82. The summed E-state index contributed by atoms with van der Waals surface area (Å²) in [5, 5.41) is 25.7. The van der Waals surface area contributed by atoms with Crippen LogP contribution in [0.2, 0.25) is 0 Å². The van der Waals surface area contributed by atoms with Gasteiger partial charge in [0.25, 0.3) is 0 Å². The number of carbonyl (C=O) groups excluding carboxylic acids is 1. The zero-order valence-electron chi connectivity index (χ0n) is 21.5. The van der Waals surface area contributed by atoms with Crippen LogP contribution in [0.25, 0.3) is 0 Å². The molecular formula is C25H47N7O2S. The van der Waals surface area contributed by atoms with Crippen LogP contribution in [0.15, 0.2) is 0 Å². The van der Waals surface area contributed by atoms with Crippen LogP contribution in [-0.4, -0.2) is 86.5 Å². The zero-order chi connectivity index (χ0) is 24.2. The van der Waals surface area contributed by atoms with E-state index < -0.39 is 0 Å². The highest BCUT2D eigenvalue weighted by molar-refractivity contribution is 8.00. The van der Waals surface area contributed by atoms with E-state index in [9.17, 15) is 4.79 Å². The lowest BCUT2D eigenvalue weighted by molar-refractivity contribution is 0.0447. The highest BCUT2D eigenvalue weighted by Crippen LogP contribution is 2.33.